The molecular weight excluding hydrogens is 334 g/mol. The highest BCUT2D eigenvalue weighted by Gasteiger charge is 2.16. The number of nitrogens with one attached hydrogen (secondary N) is 1. The molecule has 0 saturated heterocycles. The molecule has 5 nitrogen and oxygen atoms in total. The lowest BCUT2D eigenvalue weighted by Crippen LogP contribution is -2.25. The Balaban J connectivity index is 1.90. The molecule has 120 valence electrons. The number of benzene rings is 1. The van der Waals surface area contributed by atoms with Crippen molar-refractivity contribution in [1.29, 1.82) is 0 Å². The van der Waals surface area contributed by atoms with E-state index in [-0.39, 0.29) is 19.1 Å². The lowest BCUT2D eigenvalue weighted by molar-refractivity contribution is 0.0949. The third-order valence-corrected chi connectivity index (χ3v) is 4.87. The number of aromatic nitrogens is 2. The highest BCUT2D eigenvalue weighted by atomic mass is 35.5. The molecule has 0 aliphatic carbocycles. The normalized spacial score (nSPS) is 11.1. The van der Waals surface area contributed by atoms with Crippen molar-refractivity contribution >= 4 is 39.1 Å². The predicted octanol–water partition coefficient (Wildman–Crippen LogP) is 2.83. The van der Waals surface area contributed by atoms with Gasteiger partial charge in [-0.2, -0.15) is 5.10 Å². The molecule has 2 N–H and O–H groups in total. The van der Waals surface area contributed by atoms with E-state index in [1.807, 2.05) is 41.9 Å². The Morgan fingerprint density at radius 2 is 2.13 bits per heavy atom. The molecule has 0 saturated carbocycles. The van der Waals surface area contributed by atoms with Crippen molar-refractivity contribution in [2.45, 2.75) is 13.5 Å². The molecule has 0 spiro atoms. The van der Waals surface area contributed by atoms with Crippen molar-refractivity contribution < 1.29 is 9.90 Å². The van der Waals surface area contributed by atoms with Crippen LogP contribution in [0, 0.1) is 6.92 Å². The third-order valence-electron chi connectivity index (χ3n) is 3.47. The number of rotatable bonds is 5. The highest BCUT2D eigenvalue weighted by molar-refractivity contribution is 7.20. The maximum Gasteiger partial charge on any atom is 0.261 e. The topological polar surface area (TPSA) is 67.2 Å². The van der Waals surface area contributed by atoms with Crippen LogP contribution in [-0.4, -0.2) is 33.9 Å². The Bertz CT molecular complexity index is 839. The summed E-state index contributed by atoms with van der Waals surface area (Å²) in [5.41, 5.74) is 1.99. The van der Waals surface area contributed by atoms with Gasteiger partial charge in [-0.1, -0.05) is 23.7 Å². The number of halogens is 1. The second-order valence-corrected chi connectivity index (χ2v) is 6.65. The van der Waals surface area contributed by atoms with E-state index in [1.165, 1.54) is 11.3 Å². The van der Waals surface area contributed by atoms with Crippen LogP contribution in [0.2, 0.25) is 5.02 Å². The number of aliphatic hydroxyl groups excluding tert-OH is 1. The van der Waals surface area contributed by atoms with E-state index < -0.39 is 0 Å². The van der Waals surface area contributed by atoms with E-state index in [1.54, 1.807) is 0 Å². The summed E-state index contributed by atoms with van der Waals surface area (Å²) >= 11 is 7.32. The van der Waals surface area contributed by atoms with Crippen LogP contribution in [0.1, 0.15) is 20.9 Å². The number of aryl methyl sites for hydroxylation is 1. The van der Waals surface area contributed by atoms with Crippen molar-refractivity contribution in [3.63, 3.8) is 0 Å². The molecule has 3 rings (SSSR count). The van der Waals surface area contributed by atoms with Crippen molar-refractivity contribution in [1.82, 2.24) is 15.1 Å². The van der Waals surface area contributed by atoms with Gasteiger partial charge in [0.15, 0.2) is 0 Å². The number of hydrogen-bond acceptors (Lipinski definition) is 4. The van der Waals surface area contributed by atoms with E-state index in [0.717, 1.165) is 21.5 Å². The number of carbonyl (C=O) groups is 1. The van der Waals surface area contributed by atoms with Crippen molar-refractivity contribution in [2.24, 2.45) is 0 Å². The summed E-state index contributed by atoms with van der Waals surface area (Å²) in [5, 5.41) is 17.7. The molecule has 23 heavy (non-hydrogen) atoms. The van der Waals surface area contributed by atoms with Gasteiger partial charge in [-0.15, -0.1) is 11.3 Å². The molecule has 0 aliphatic rings. The summed E-state index contributed by atoms with van der Waals surface area (Å²) < 4.78 is 1.90. The van der Waals surface area contributed by atoms with E-state index >= 15 is 0 Å². The summed E-state index contributed by atoms with van der Waals surface area (Å²) in [5.74, 6) is -0.169. The molecule has 0 radical (unpaired) electrons. The van der Waals surface area contributed by atoms with Gasteiger partial charge in [0, 0.05) is 17.0 Å². The van der Waals surface area contributed by atoms with E-state index in [2.05, 4.69) is 10.4 Å². The fourth-order valence-electron chi connectivity index (χ4n) is 2.35. The summed E-state index contributed by atoms with van der Waals surface area (Å²) in [6.07, 6.45) is 0. The quantitative estimate of drug-likeness (QED) is 0.744. The fourth-order valence-corrected chi connectivity index (χ4v) is 3.55. The van der Waals surface area contributed by atoms with Crippen molar-refractivity contribution in [2.75, 3.05) is 13.2 Å². The molecule has 1 amide bonds. The molecule has 0 bridgehead atoms. The van der Waals surface area contributed by atoms with Crippen LogP contribution in [-0.2, 0) is 6.54 Å². The van der Waals surface area contributed by atoms with Gasteiger partial charge in [0.2, 0.25) is 0 Å². The largest absolute Gasteiger partial charge is 0.395 e. The maximum absolute atomic E-state index is 12.0. The van der Waals surface area contributed by atoms with Crippen LogP contribution in [0.15, 0.2) is 30.3 Å². The van der Waals surface area contributed by atoms with Crippen molar-refractivity contribution in [3.8, 4) is 0 Å². The third kappa shape index (κ3) is 3.39. The number of hydrogen-bond donors (Lipinski definition) is 2. The van der Waals surface area contributed by atoms with Crippen LogP contribution in [0.4, 0.5) is 0 Å². The number of thiophene rings is 1. The summed E-state index contributed by atoms with van der Waals surface area (Å²) in [6, 6.07) is 9.49. The number of aliphatic hydroxyl groups is 1. The first kappa shape index (κ1) is 16.0. The fraction of sp³-hybridized carbons (Fsp3) is 0.250. The van der Waals surface area contributed by atoms with Crippen LogP contribution < -0.4 is 5.32 Å². The van der Waals surface area contributed by atoms with Crippen LogP contribution >= 0.6 is 22.9 Å². The molecule has 0 fully saturated rings. The lowest BCUT2D eigenvalue weighted by atomic mass is 10.2. The van der Waals surface area contributed by atoms with Gasteiger partial charge in [-0.3, -0.25) is 9.48 Å². The minimum Gasteiger partial charge on any atom is -0.395 e. The van der Waals surface area contributed by atoms with E-state index in [9.17, 15) is 4.79 Å². The first-order valence-corrected chi connectivity index (χ1v) is 8.38. The smallest absolute Gasteiger partial charge is 0.261 e. The average Bonchev–Trinajstić information content (AvgIpc) is 3.09. The molecule has 3 aromatic rings. The molecule has 2 heterocycles. The van der Waals surface area contributed by atoms with Gasteiger partial charge in [0.05, 0.1) is 23.7 Å². The Hall–Kier alpha value is -1.89. The summed E-state index contributed by atoms with van der Waals surface area (Å²) in [6.45, 7) is 2.74. The van der Waals surface area contributed by atoms with Crippen LogP contribution in [0.25, 0.3) is 10.2 Å². The molecule has 0 aliphatic heterocycles. The monoisotopic (exact) mass is 349 g/mol. The zero-order valence-electron chi connectivity index (χ0n) is 12.5. The zero-order valence-corrected chi connectivity index (χ0v) is 14.1. The lowest BCUT2D eigenvalue weighted by Gasteiger charge is -2.03. The number of carbonyl (C=O) groups excluding carboxylic acids is 1. The SMILES string of the molecule is Cc1nn(Cc2ccc(Cl)cc2)c2sc(C(=O)NCCO)cc12. The van der Waals surface area contributed by atoms with Gasteiger partial charge < -0.3 is 10.4 Å². The van der Waals surface area contributed by atoms with Crippen LogP contribution in [0.3, 0.4) is 0 Å². The van der Waals surface area contributed by atoms with Gasteiger partial charge in [0.1, 0.15) is 4.83 Å². The van der Waals surface area contributed by atoms with E-state index in [4.69, 9.17) is 16.7 Å². The Morgan fingerprint density at radius 1 is 1.39 bits per heavy atom. The van der Waals surface area contributed by atoms with Crippen LogP contribution in [0.5, 0.6) is 0 Å². The van der Waals surface area contributed by atoms with Crippen molar-refractivity contribution in [3.05, 3.63) is 51.5 Å². The van der Waals surface area contributed by atoms with Gasteiger partial charge in [0.25, 0.3) is 5.91 Å². The van der Waals surface area contributed by atoms with E-state index in [0.29, 0.717) is 16.4 Å². The molecule has 2 aromatic heterocycles. The highest BCUT2D eigenvalue weighted by Crippen LogP contribution is 2.29. The number of nitrogens with zero attached hydrogens (tertiary/aromatic N) is 2. The Labute approximate surface area is 142 Å². The first-order chi connectivity index (χ1) is 11.1. The molecule has 0 unspecified atom stereocenters. The number of fused-ring (bicyclic) bond motifs is 1. The second kappa shape index (κ2) is 6.70. The summed E-state index contributed by atoms with van der Waals surface area (Å²) in [4.78, 5) is 13.6. The minimum atomic E-state index is -0.169. The van der Waals surface area contributed by atoms with Gasteiger partial charge in [-0.05, 0) is 30.7 Å². The van der Waals surface area contributed by atoms with Gasteiger partial charge >= 0.3 is 0 Å². The Morgan fingerprint density at radius 3 is 2.83 bits per heavy atom. The minimum absolute atomic E-state index is 0.0694. The molecular formula is C16H16ClN3O2S. The molecule has 0 atom stereocenters. The zero-order chi connectivity index (χ0) is 16.4. The molecule has 7 heteroatoms. The Kier molecular flexibility index (Phi) is 4.66. The molecule has 1 aromatic carbocycles. The van der Waals surface area contributed by atoms with Gasteiger partial charge in [-0.25, -0.2) is 0 Å². The second-order valence-electron chi connectivity index (χ2n) is 5.18. The average molecular weight is 350 g/mol. The predicted molar refractivity (Wildman–Crippen MR) is 92.3 cm³/mol. The summed E-state index contributed by atoms with van der Waals surface area (Å²) in [7, 11) is 0. The maximum atomic E-state index is 12.0. The standard InChI is InChI=1S/C16H16ClN3O2S/c1-10-13-8-14(15(22)18-6-7-21)23-16(13)20(19-10)9-11-2-4-12(17)5-3-11/h2-5,8,21H,6-7,9H2,1H3,(H,18,22). The number of amides is 1. The first-order valence-electron chi connectivity index (χ1n) is 7.19.